The fourth-order valence-corrected chi connectivity index (χ4v) is 3.46. The number of halogens is 1. The molecule has 0 saturated carbocycles. The van der Waals surface area contributed by atoms with Crippen molar-refractivity contribution >= 4 is 41.2 Å². The Morgan fingerprint density at radius 1 is 0.903 bits per heavy atom. The number of carbonyl (C=O) groups excluding carboxylic acids is 3. The van der Waals surface area contributed by atoms with Gasteiger partial charge in [-0.1, -0.05) is 54.1 Å². The van der Waals surface area contributed by atoms with E-state index in [1.165, 1.54) is 30.3 Å². The van der Waals surface area contributed by atoms with E-state index in [1.54, 1.807) is 12.1 Å². The largest absolute Gasteiger partial charge is 0.508 e. The number of imide groups is 2. The molecule has 0 aromatic heterocycles. The molecule has 1 aliphatic rings. The molecule has 6 nitrogen and oxygen atoms in total. The van der Waals surface area contributed by atoms with Crippen molar-refractivity contribution < 1.29 is 19.5 Å². The van der Waals surface area contributed by atoms with E-state index in [0.29, 0.717) is 17.0 Å². The summed E-state index contributed by atoms with van der Waals surface area (Å²) in [4.78, 5) is 38.3. The van der Waals surface area contributed by atoms with Crippen LogP contribution in [0.3, 0.4) is 0 Å². The molecule has 4 rings (SSSR count). The predicted molar refractivity (Wildman–Crippen MR) is 118 cm³/mol. The number of phenols is 1. The van der Waals surface area contributed by atoms with Crippen molar-refractivity contribution in [3.63, 3.8) is 0 Å². The Hall–Kier alpha value is -3.90. The Labute approximate surface area is 183 Å². The van der Waals surface area contributed by atoms with Crippen LogP contribution in [0.2, 0.25) is 5.02 Å². The molecule has 3 aromatic carbocycles. The van der Waals surface area contributed by atoms with Crippen molar-refractivity contribution in [2.24, 2.45) is 0 Å². The van der Waals surface area contributed by atoms with Crippen LogP contribution >= 0.6 is 11.6 Å². The highest BCUT2D eigenvalue weighted by Gasteiger charge is 2.36. The summed E-state index contributed by atoms with van der Waals surface area (Å²) in [5.41, 5.74) is 2.75. The van der Waals surface area contributed by atoms with Crippen LogP contribution in [0, 0.1) is 0 Å². The third-order valence-electron chi connectivity index (χ3n) is 4.85. The first-order valence-corrected chi connectivity index (χ1v) is 9.83. The van der Waals surface area contributed by atoms with Crippen LogP contribution in [0.4, 0.5) is 10.5 Å². The Morgan fingerprint density at radius 3 is 2.26 bits per heavy atom. The lowest BCUT2D eigenvalue weighted by Gasteiger charge is -2.26. The molecule has 1 heterocycles. The number of hydrogen-bond acceptors (Lipinski definition) is 4. The summed E-state index contributed by atoms with van der Waals surface area (Å²) in [6.45, 7) is 0. The second-order valence-electron chi connectivity index (χ2n) is 6.98. The van der Waals surface area contributed by atoms with Crippen molar-refractivity contribution in [3.05, 3.63) is 100 Å². The number of nitrogens with zero attached hydrogens (tertiary/aromatic N) is 1. The van der Waals surface area contributed by atoms with Crippen LogP contribution in [0.15, 0.2) is 78.4 Å². The summed E-state index contributed by atoms with van der Waals surface area (Å²) in [5, 5.41) is 12.3. The number of nitrogens with one attached hydrogen (secondary N) is 1. The lowest BCUT2D eigenvalue weighted by molar-refractivity contribution is -0.122. The van der Waals surface area contributed by atoms with Crippen LogP contribution in [-0.2, 0) is 16.0 Å². The highest BCUT2D eigenvalue weighted by atomic mass is 35.5. The van der Waals surface area contributed by atoms with Crippen molar-refractivity contribution in [1.82, 2.24) is 5.32 Å². The molecule has 0 unspecified atom stereocenters. The summed E-state index contributed by atoms with van der Waals surface area (Å²) in [6.07, 6.45) is 2.09. The van der Waals surface area contributed by atoms with Gasteiger partial charge in [0, 0.05) is 5.02 Å². The van der Waals surface area contributed by atoms with E-state index in [4.69, 9.17) is 11.6 Å². The Bertz CT molecular complexity index is 1200. The maximum absolute atomic E-state index is 12.9. The lowest BCUT2D eigenvalue weighted by atomic mass is 10.0. The number of carbonyl (C=O) groups is 3. The zero-order valence-corrected chi connectivity index (χ0v) is 17.0. The quantitative estimate of drug-likeness (QED) is 0.475. The number of phenolic OH excluding ortho intramolecular Hbond substituents is 1. The van der Waals surface area contributed by atoms with Crippen molar-refractivity contribution in [1.29, 1.82) is 0 Å². The number of benzene rings is 3. The van der Waals surface area contributed by atoms with Crippen molar-refractivity contribution in [3.8, 4) is 5.75 Å². The molecule has 0 aliphatic carbocycles. The summed E-state index contributed by atoms with van der Waals surface area (Å²) in [6, 6.07) is 19.7. The Balaban J connectivity index is 1.58. The second kappa shape index (κ2) is 8.45. The van der Waals surface area contributed by atoms with Crippen LogP contribution in [0.1, 0.15) is 16.7 Å². The maximum atomic E-state index is 12.9. The van der Waals surface area contributed by atoms with Gasteiger partial charge >= 0.3 is 6.03 Å². The highest BCUT2D eigenvalue weighted by Crippen LogP contribution is 2.24. The number of barbiturate groups is 1. The number of rotatable bonds is 4. The van der Waals surface area contributed by atoms with Gasteiger partial charge in [0.05, 0.1) is 5.69 Å². The van der Waals surface area contributed by atoms with Gasteiger partial charge in [-0.2, -0.15) is 0 Å². The number of aromatic hydroxyl groups is 1. The molecule has 3 aromatic rings. The van der Waals surface area contributed by atoms with E-state index in [1.807, 2.05) is 36.4 Å². The molecule has 31 heavy (non-hydrogen) atoms. The van der Waals surface area contributed by atoms with Gasteiger partial charge < -0.3 is 5.11 Å². The number of hydrogen-bond donors (Lipinski definition) is 2. The molecular weight excluding hydrogens is 416 g/mol. The first kappa shape index (κ1) is 20.4. The zero-order chi connectivity index (χ0) is 22.0. The van der Waals surface area contributed by atoms with Gasteiger partial charge in [-0.05, 0) is 59.5 Å². The van der Waals surface area contributed by atoms with Crippen molar-refractivity contribution in [2.75, 3.05) is 4.90 Å². The van der Waals surface area contributed by atoms with Gasteiger partial charge in [0.15, 0.2) is 0 Å². The molecule has 1 fully saturated rings. The van der Waals surface area contributed by atoms with E-state index in [2.05, 4.69) is 5.32 Å². The monoisotopic (exact) mass is 432 g/mol. The molecule has 2 N–H and O–H groups in total. The van der Waals surface area contributed by atoms with E-state index in [-0.39, 0.29) is 17.0 Å². The molecule has 4 amide bonds. The molecule has 0 atom stereocenters. The topological polar surface area (TPSA) is 86.7 Å². The van der Waals surface area contributed by atoms with Crippen LogP contribution in [-0.4, -0.2) is 23.0 Å². The molecule has 0 radical (unpaired) electrons. The minimum atomic E-state index is -0.840. The third-order valence-corrected chi connectivity index (χ3v) is 5.22. The second-order valence-corrected chi connectivity index (χ2v) is 7.39. The van der Waals surface area contributed by atoms with E-state index in [0.717, 1.165) is 16.0 Å². The van der Waals surface area contributed by atoms with Gasteiger partial charge in [-0.25, -0.2) is 9.69 Å². The highest BCUT2D eigenvalue weighted by molar-refractivity contribution is 6.39. The van der Waals surface area contributed by atoms with Gasteiger partial charge in [-0.3, -0.25) is 14.9 Å². The van der Waals surface area contributed by atoms with Gasteiger partial charge in [0.1, 0.15) is 11.3 Å². The van der Waals surface area contributed by atoms with Crippen molar-refractivity contribution in [2.45, 2.75) is 6.42 Å². The first-order chi connectivity index (χ1) is 14.9. The fourth-order valence-electron chi connectivity index (χ4n) is 3.25. The summed E-state index contributed by atoms with van der Waals surface area (Å²) < 4.78 is 0. The zero-order valence-electron chi connectivity index (χ0n) is 16.2. The average molecular weight is 433 g/mol. The number of urea groups is 1. The molecule has 1 saturated heterocycles. The summed E-state index contributed by atoms with van der Waals surface area (Å²) >= 11 is 6.21. The lowest BCUT2D eigenvalue weighted by Crippen LogP contribution is -2.54. The average Bonchev–Trinajstić information content (AvgIpc) is 2.75. The molecular formula is C24H17ClN2O4. The third kappa shape index (κ3) is 4.34. The molecule has 0 spiro atoms. The Kier molecular flexibility index (Phi) is 5.56. The molecule has 7 heteroatoms. The number of amides is 4. The van der Waals surface area contributed by atoms with Gasteiger partial charge in [0.2, 0.25) is 0 Å². The molecule has 154 valence electrons. The smallest absolute Gasteiger partial charge is 0.335 e. The van der Waals surface area contributed by atoms with E-state index in [9.17, 15) is 19.5 Å². The summed E-state index contributed by atoms with van der Waals surface area (Å²) in [5.74, 6) is -1.50. The normalized spacial score (nSPS) is 15.3. The van der Waals surface area contributed by atoms with E-state index < -0.39 is 17.8 Å². The van der Waals surface area contributed by atoms with Gasteiger partial charge in [0.25, 0.3) is 11.8 Å². The van der Waals surface area contributed by atoms with Crippen LogP contribution < -0.4 is 10.2 Å². The fraction of sp³-hybridized carbons (Fsp3) is 0.0417. The maximum Gasteiger partial charge on any atom is 0.335 e. The number of anilines is 1. The van der Waals surface area contributed by atoms with Crippen LogP contribution in [0.25, 0.3) is 6.08 Å². The standard InChI is InChI=1S/C24H17ClN2O4/c25-21-4-2-1-3-17(21)13-15-5-7-16(8-6-15)14-20-22(29)26-24(31)27(23(20)30)18-9-11-19(28)12-10-18/h1-12,14,28H,13H2,(H,26,29,31)/b20-14+. The Morgan fingerprint density at radius 2 is 1.58 bits per heavy atom. The predicted octanol–water partition coefficient (Wildman–Crippen LogP) is 4.30. The summed E-state index contributed by atoms with van der Waals surface area (Å²) in [7, 11) is 0. The molecule has 1 aliphatic heterocycles. The minimum Gasteiger partial charge on any atom is -0.508 e. The SMILES string of the molecule is O=C1NC(=O)N(c2ccc(O)cc2)C(=O)/C1=C/c1ccc(Cc2ccccc2Cl)cc1. The van der Waals surface area contributed by atoms with Gasteiger partial charge in [-0.15, -0.1) is 0 Å². The minimum absolute atomic E-state index is 0.00246. The first-order valence-electron chi connectivity index (χ1n) is 9.45. The molecule has 0 bridgehead atoms. The van der Waals surface area contributed by atoms with E-state index >= 15 is 0 Å². The van der Waals surface area contributed by atoms with Crippen LogP contribution in [0.5, 0.6) is 5.75 Å².